The second kappa shape index (κ2) is 12.2. The lowest BCUT2D eigenvalue weighted by molar-refractivity contribution is -0.127. The van der Waals surface area contributed by atoms with E-state index in [0.29, 0.717) is 51.1 Å². The Bertz CT molecular complexity index is 1580. The topological polar surface area (TPSA) is 63.9 Å². The van der Waals surface area contributed by atoms with Gasteiger partial charge in [-0.1, -0.05) is 47.7 Å². The average Bonchev–Trinajstić information content (AvgIpc) is 3.18. The van der Waals surface area contributed by atoms with Crippen molar-refractivity contribution in [1.29, 1.82) is 0 Å². The maximum absolute atomic E-state index is 13.9. The van der Waals surface area contributed by atoms with Crippen LogP contribution in [-0.4, -0.2) is 35.1 Å². The number of nitrogens with zero attached hydrogens (tertiary/aromatic N) is 3. The van der Waals surface area contributed by atoms with Crippen LogP contribution in [0, 0.1) is 0 Å². The number of likely N-dealkylation sites (N-methyl/N-ethyl adjacent to an activating group) is 1. The van der Waals surface area contributed by atoms with Gasteiger partial charge in [-0.05, 0) is 94.1 Å². The zero-order valence-electron chi connectivity index (χ0n) is 21.1. The number of ether oxygens (including phenoxy) is 1. The molecule has 0 saturated heterocycles. The fourth-order valence-corrected chi connectivity index (χ4v) is 6.95. The number of carbonyl (C=O) groups excluding carboxylic acids is 1. The Morgan fingerprint density at radius 1 is 1.21 bits per heavy atom. The van der Waals surface area contributed by atoms with Crippen LogP contribution in [0.1, 0.15) is 37.9 Å². The highest BCUT2D eigenvalue weighted by atomic mass is 79.9. The second-order valence-electron chi connectivity index (χ2n) is 8.52. The number of allylic oxidation sites excluding steroid dienone is 1. The van der Waals surface area contributed by atoms with Gasteiger partial charge in [0.2, 0.25) is 0 Å². The SMILES string of the molecule is C=CCOc1c(Br)cc(/C=c2/sc3n(c2=O)[C@@H](c2ccc(Cl)cc2)C(C(=O)N(CC)CC)=C(C)N=3)cc1Br. The Balaban J connectivity index is 1.90. The van der Waals surface area contributed by atoms with Crippen LogP contribution in [-0.2, 0) is 4.79 Å². The zero-order valence-corrected chi connectivity index (χ0v) is 25.9. The van der Waals surface area contributed by atoms with Crippen molar-refractivity contribution in [3.8, 4) is 5.75 Å². The van der Waals surface area contributed by atoms with Crippen LogP contribution in [0.2, 0.25) is 5.02 Å². The monoisotopic (exact) mass is 677 g/mol. The van der Waals surface area contributed by atoms with E-state index in [1.54, 1.807) is 27.7 Å². The van der Waals surface area contributed by atoms with Crippen molar-refractivity contribution in [2.24, 2.45) is 4.99 Å². The van der Waals surface area contributed by atoms with Gasteiger partial charge >= 0.3 is 0 Å². The van der Waals surface area contributed by atoms with Crippen LogP contribution in [0.15, 0.2) is 79.1 Å². The lowest BCUT2D eigenvalue weighted by atomic mass is 9.94. The molecule has 0 bridgehead atoms. The molecule has 0 fully saturated rings. The van der Waals surface area contributed by atoms with Crippen LogP contribution in [0.4, 0.5) is 0 Å². The van der Waals surface area contributed by atoms with E-state index < -0.39 is 6.04 Å². The van der Waals surface area contributed by atoms with Crippen molar-refractivity contribution < 1.29 is 9.53 Å². The summed E-state index contributed by atoms with van der Waals surface area (Å²) in [7, 11) is 0. The van der Waals surface area contributed by atoms with Crippen LogP contribution in [0.5, 0.6) is 5.75 Å². The molecule has 2 aromatic carbocycles. The van der Waals surface area contributed by atoms with Gasteiger partial charge in [0.25, 0.3) is 11.5 Å². The molecule has 2 heterocycles. The van der Waals surface area contributed by atoms with Crippen molar-refractivity contribution in [3.63, 3.8) is 0 Å². The van der Waals surface area contributed by atoms with Gasteiger partial charge in [0, 0.05) is 18.1 Å². The summed E-state index contributed by atoms with van der Waals surface area (Å²) >= 11 is 14.6. The smallest absolute Gasteiger partial charge is 0.271 e. The lowest BCUT2D eigenvalue weighted by Crippen LogP contribution is -2.43. The quantitative estimate of drug-likeness (QED) is 0.281. The molecular weight excluding hydrogens is 654 g/mol. The summed E-state index contributed by atoms with van der Waals surface area (Å²) in [5, 5.41) is 0.579. The third-order valence-electron chi connectivity index (χ3n) is 6.15. The third-order valence-corrected chi connectivity index (χ3v) is 8.57. The van der Waals surface area contributed by atoms with E-state index in [1.165, 1.54) is 11.3 Å². The van der Waals surface area contributed by atoms with Crippen molar-refractivity contribution in [2.45, 2.75) is 26.8 Å². The molecule has 4 rings (SSSR count). The van der Waals surface area contributed by atoms with Gasteiger partial charge in [0.05, 0.1) is 30.8 Å². The Morgan fingerprint density at radius 2 is 1.84 bits per heavy atom. The van der Waals surface area contributed by atoms with Gasteiger partial charge < -0.3 is 9.64 Å². The molecule has 0 radical (unpaired) electrons. The maximum atomic E-state index is 13.9. The number of rotatable bonds is 8. The van der Waals surface area contributed by atoms with Crippen LogP contribution < -0.4 is 19.6 Å². The summed E-state index contributed by atoms with van der Waals surface area (Å²) in [6.45, 7) is 10.9. The van der Waals surface area contributed by atoms with E-state index in [4.69, 9.17) is 21.3 Å². The summed E-state index contributed by atoms with van der Waals surface area (Å²) < 4.78 is 9.33. The molecule has 0 unspecified atom stereocenters. The van der Waals surface area contributed by atoms with Crippen molar-refractivity contribution in [3.05, 3.63) is 105 Å². The van der Waals surface area contributed by atoms with Crippen LogP contribution >= 0.6 is 54.8 Å². The molecular formula is C28H26Br2ClN3O3S. The first-order valence-electron chi connectivity index (χ1n) is 12.0. The van der Waals surface area contributed by atoms with Gasteiger partial charge in [-0.2, -0.15) is 0 Å². The number of aromatic nitrogens is 1. The summed E-state index contributed by atoms with van der Waals surface area (Å²) in [6, 6.07) is 10.4. The molecule has 38 heavy (non-hydrogen) atoms. The molecule has 1 amide bonds. The van der Waals surface area contributed by atoms with Crippen molar-refractivity contribution >= 4 is 66.8 Å². The highest BCUT2D eigenvalue weighted by Gasteiger charge is 2.34. The van der Waals surface area contributed by atoms with Crippen molar-refractivity contribution in [1.82, 2.24) is 9.47 Å². The van der Waals surface area contributed by atoms with Gasteiger partial charge in [-0.15, -0.1) is 0 Å². The standard InChI is InChI=1S/C28H26Br2ClN3O3S/c1-5-12-37-25-20(29)13-17(14-21(25)30)15-22-26(35)34-24(18-8-10-19(31)11-9-18)23(16(4)32-28(34)38-22)27(36)33(6-2)7-3/h5,8-11,13-15,24H,1,6-7,12H2,2-4H3/b22-15+/t24-/m0/s1. The van der Waals surface area contributed by atoms with Gasteiger partial charge in [0.1, 0.15) is 12.4 Å². The number of amides is 1. The third kappa shape index (κ3) is 5.61. The number of benzene rings is 2. The Hall–Kier alpha value is -2.46. The van der Waals surface area contributed by atoms with E-state index in [-0.39, 0.29) is 11.5 Å². The molecule has 0 N–H and O–H groups in total. The molecule has 3 aromatic rings. The minimum atomic E-state index is -0.619. The zero-order chi connectivity index (χ0) is 27.6. The number of halogens is 3. The highest BCUT2D eigenvalue weighted by Crippen LogP contribution is 2.35. The van der Waals surface area contributed by atoms with E-state index in [1.807, 2.05) is 51.1 Å². The van der Waals surface area contributed by atoms with Gasteiger partial charge in [-0.25, -0.2) is 4.99 Å². The molecule has 1 aliphatic heterocycles. The van der Waals surface area contributed by atoms with Gasteiger partial charge in [-0.3, -0.25) is 14.2 Å². The molecule has 6 nitrogen and oxygen atoms in total. The predicted octanol–water partition coefficient (Wildman–Crippen LogP) is 5.85. The van der Waals surface area contributed by atoms with Crippen molar-refractivity contribution in [2.75, 3.05) is 19.7 Å². The van der Waals surface area contributed by atoms with Gasteiger partial charge in [0.15, 0.2) is 4.80 Å². The summed E-state index contributed by atoms with van der Waals surface area (Å²) in [5.74, 6) is 0.523. The largest absolute Gasteiger partial charge is 0.487 e. The molecule has 1 atom stereocenters. The molecule has 0 spiro atoms. The summed E-state index contributed by atoms with van der Waals surface area (Å²) in [6.07, 6.45) is 3.49. The lowest BCUT2D eigenvalue weighted by Gasteiger charge is -2.29. The fourth-order valence-electron chi connectivity index (χ4n) is 4.33. The van der Waals surface area contributed by atoms with E-state index in [0.717, 1.165) is 20.1 Å². The fraction of sp³-hybridized carbons (Fsp3) is 0.250. The first kappa shape index (κ1) is 28.5. The van der Waals surface area contributed by atoms with E-state index in [9.17, 15) is 9.59 Å². The van der Waals surface area contributed by atoms with E-state index in [2.05, 4.69) is 38.4 Å². The average molecular weight is 680 g/mol. The molecule has 10 heteroatoms. The normalized spacial score (nSPS) is 15.2. The van der Waals surface area contributed by atoms with Crippen LogP contribution in [0.25, 0.3) is 6.08 Å². The molecule has 1 aromatic heterocycles. The Labute approximate surface area is 246 Å². The minimum Gasteiger partial charge on any atom is -0.487 e. The van der Waals surface area contributed by atoms with E-state index >= 15 is 0 Å². The maximum Gasteiger partial charge on any atom is 0.271 e. The first-order valence-corrected chi connectivity index (χ1v) is 14.8. The number of fused-ring (bicyclic) bond motifs is 1. The summed E-state index contributed by atoms with van der Waals surface area (Å²) in [4.78, 5) is 34.5. The number of carbonyl (C=O) groups is 1. The minimum absolute atomic E-state index is 0.131. The Kier molecular flexibility index (Phi) is 9.13. The highest BCUT2D eigenvalue weighted by molar-refractivity contribution is 9.11. The number of hydrogen-bond donors (Lipinski definition) is 0. The Morgan fingerprint density at radius 3 is 2.42 bits per heavy atom. The molecule has 0 aliphatic carbocycles. The van der Waals surface area contributed by atoms with Crippen LogP contribution in [0.3, 0.4) is 0 Å². The predicted molar refractivity (Wildman–Crippen MR) is 161 cm³/mol. The molecule has 198 valence electrons. The summed E-state index contributed by atoms with van der Waals surface area (Å²) in [5.41, 5.74) is 2.47. The number of thiazole rings is 1. The molecule has 1 aliphatic rings. The first-order chi connectivity index (χ1) is 18.2. The second-order valence-corrected chi connectivity index (χ2v) is 11.7. The molecule has 0 saturated carbocycles. The number of hydrogen-bond acceptors (Lipinski definition) is 5.